The summed E-state index contributed by atoms with van der Waals surface area (Å²) >= 11 is 7.32. The molecule has 1 aliphatic heterocycles. The highest BCUT2D eigenvalue weighted by Gasteiger charge is 2.18. The predicted octanol–water partition coefficient (Wildman–Crippen LogP) is 2.79. The Kier molecular flexibility index (Phi) is 3.86. The van der Waals surface area contributed by atoms with Gasteiger partial charge in [0.2, 0.25) is 0 Å². The molecule has 2 rings (SSSR count). The van der Waals surface area contributed by atoms with E-state index in [1.54, 1.807) is 0 Å². The number of aromatic amines is 1. The van der Waals surface area contributed by atoms with E-state index in [-0.39, 0.29) is 0 Å². The third-order valence-electron chi connectivity index (χ3n) is 2.72. The van der Waals surface area contributed by atoms with E-state index in [2.05, 4.69) is 33.5 Å². The molecule has 0 aromatic carbocycles. The van der Waals surface area contributed by atoms with Gasteiger partial charge in [-0.2, -0.15) is 16.9 Å². The van der Waals surface area contributed by atoms with Crippen molar-refractivity contribution in [3.8, 4) is 0 Å². The number of rotatable bonds is 4. The Balaban J connectivity index is 2.10. The predicted molar refractivity (Wildman–Crippen MR) is 66.9 cm³/mol. The van der Waals surface area contributed by atoms with E-state index in [1.807, 2.05) is 0 Å². The summed E-state index contributed by atoms with van der Waals surface area (Å²) in [4.78, 5) is 0. The van der Waals surface area contributed by atoms with Crippen LogP contribution in [0.3, 0.4) is 0 Å². The summed E-state index contributed by atoms with van der Waals surface area (Å²) < 4.78 is 2.97. The van der Waals surface area contributed by atoms with E-state index in [9.17, 15) is 0 Å². The SMILES string of the molecule is CCCc1n[nH]c(=S)n1CC1CCCS1. The van der Waals surface area contributed by atoms with Crippen molar-refractivity contribution in [1.29, 1.82) is 0 Å². The number of hydrogen-bond acceptors (Lipinski definition) is 3. The molecule has 5 heteroatoms. The molecular formula is C10H17N3S2. The van der Waals surface area contributed by atoms with E-state index >= 15 is 0 Å². The molecule has 1 aromatic rings. The quantitative estimate of drug-likeness (QED) is 0.826. The average molecular weight is 243 g/mol. The van der Waals surface area contributed by atoms with Crippen molar-refractivity contribution in [2.75, 3.05) is 5.75 Å². The molecule has 1 unspecified atom stereocenters. The normalized spacial score (nSPS) is 21.0. The zero-order valence-corrected chi connectivity index (χ0v) is 10.7. The van der Waals surface area contributed by atoms with Crippen molar-refractivity contribution < 1.29 is 0 Å². The minimum absolute atomic E-state index is 0.741. The molecule has 3 nitrogen and oxygen atoms in total. The van der Waals surface area contributed by atoms with Gasteiger partial charge < -0.3 is 4.57 Å². The summed E-state index contributed by atoms with van der Waals surface area (Å²) in [5, 5.41) is 7.93. The minimum atomic E-state index is 0.741. The lowest BCUT2D eigenvalue weighted by Crippen LogP contribution is -2.13. The summed E-state index contributed by atoms with van der Waals surface area (Å²) in [5.74, 6) is 2.42. The summed E-state index contributed by atoms with van der Waals surface area (Å²) in [6, 6.07) is 0. The number of nitrogens with zero attached hydrogens (tertiary/aromatic N) is 2. The second-order valence-electron chi connectivity index (χ2n) is 3.94. The molecule has 0 spiro atoms. The Morgan fingerprint density at radius 1 is 1.67 bits per heavy atom. The molecule has 0 radical (unpaired) electrons. The molecule has 1 saturated heterocycles. The molecule has 0 amide bonds. The highest BCUT2D eigenvalue weighted by Crippen LogP contribution is 2.27. The second-order valence-corrected chi connectivity index (χ2v) is 5.74. The van der Waals surface area contributed by atoms with Crippen LogP contribution in [0.1, 0.15) is 32.0 Å². The summed E-state index contributed by atoms with van der Waals surface area (Å²) in [5.41, 5.74) is 0. The average Bonchev–Trinajstić information content (AvgIpc) is 2.83. The molecule has 0 bridgehead atoms. The van der Waals surface area contributed by atoms with Crippen LogP contribution >= 0.6 is 24.0 Å². The van der Waals surface area contributed by atoms with E-state index < -0.39 is 0 Å². The lowest BCUT2D eigenvalue weighted by atomic mass is 10.2. The van der Waals surface area contributed by atoms with Crippen molar-refractivity contribution >= 4 is 24.0 Å². The first kappa shape index (κ1) is 11.2. The molecule has 1 aliphatic rings. The van der Waals surface area contributed by atoms with Gasteiger partial charge >= 0.3 is 0 Å². The Bertz CT molecular complexity index is 363. The van der Waals surface area contributed by atoms with E-state index in [0.29, 0.717) is 0 Å². The van der Waals surface area contributed by atoms with Crippen LogP contribution in [0.4, 0.5) is 0 Å². The largest absolute Gasteiger partial charge is 0.303 e. The van der Waals surface area contributed by atoms with Gasteiger partial charge in [-0.3, -0.25) is 5.10 Å². The molecule has 1 fully saturated rings. The maximum Gasteiger partial charge on any atom is 0.195 e. The van der Waals surface area contributed by atoms with Crippen LogP contribution in [-0.4, -0.2) is 25.8 Å². The van der Waals surface area contributed by atoms with Crippen molar-refractivity contribution in [2.24, 2.45) is 0 Å². The molecule has 1 atom stereocenters. The Labute approximate surface area is 99.7 Å². The molecule has 0 aliphatic carbocycles. The molecule has 84 valence electrons. The van der Waals surface area contributed by atoms with Crippen molar-refractivity contribution in [3.05, 3.63) is 10.6 Å². The van der Waals surface area contributed by atoms with E-state index in [1.165, 1.54) is 18.6 Å². The standard InChI is InChI=1S/C10H17N3S2/c1-2-4-9-11-12-10(14)13(9)7-8-5-3-6-15-8/h8H,2-7H2,1H3,(H,12,14). The smallest absolute Gasteiger partial charge is 0.195 e. The van der Waals surface area contributed by atoms with Crippen LogP contribution in [0, 0.1) is 4.77 Å². The fourth-order valence-corrected chi connectivity index (χ4v) is 3.43. The van der Waals surface area contributed by atoms with Crippen LogP contribution < -0.4 is 0 Å². The zero-order chi connectivity index (χ0) is 10.7. The number of aryl methyl sites for hydroxylation is 1. The third kappa shape index (κ3) is 2.64. The third-order valence-corrected chi connectivity index (χ3v) is 4.41. The fraction of sp³-hybridized carbons (Fsp3) is 0.800. The molecule has 2 heterocycles. The van der Waals surface area contributed by atoms with Crippen LogP contribution in [0.2, 0.25) is 0 Å². The minimum Gasteiger partial charge on any atom is -0.303 e. The van der Waals surface area contributed by atoms with Gasteiger partial charge in [0.15, 0.2) is 4.77 Å². The van der Waals surface area contributed by atoms with Gasteiger partial charge in [-0.25, -0.2) is 0 Å². The van der Waals surface area contributed by atoms with Gasteiger partial charge in [0, 0.05) is 18.2 Å². The maximum atomic E-state index is 5.26. The highest BCUT2D eigenvalue weighted by atomic mass is 32.2. The molecule has 1 aromatic heterocycles. The first-order chi connectivity index (χ1) is 7.31. The fourth-order valence-electron chi connectivity index (χ4n) is 1.94. The van der Waals surface area contributed by atoms with Crippen molar-refractivity contribution in [1.82, 2.24) is 14.8 Å². The summed E-state index contributed by atoms with van der Waals surface area (Å²) in [6.45, 7) is 3.21. The number of thioether (sulfide) groups is 1. The van der Waals surface area contributed by atoms with Gasteiger partial charge in [0.1, 0.15) is 5.82 Å². The van der Waals surface area contributed by atoms with Gasteiger partial charge in [0.25, 0.3) is 0 Å². The zero-order valence-electron chi connectivity index (χ0n) is 9.03. The Morgan fingerprint density at radius 3 is 3.20 bits per heavy atom. The van der Waals surface area contributed by atoms with Gasteiger partial charge in [-0.05, 0) is 37.2 Å². The lowest BCUT2D eigenvalue weighted by molar-refractivity contribution is 0.599. The molecule has 0 saturated carbocycles. The number of hydrogen-bond donors (Lipinski definition) is 1. The maximum absolute atomic E-state index is 5.26. The first-order valence-electron chi connectivity index (χ1n) is 5.57. The second kappa shape index (κ2) is 5.16. The van der Waals surface area contributed by atoms with Crippen LogP contribution in [0.25, 0.3) is 0 Å². The summed E-state index contributed by atoms with van der Waals surface area (Å²) in [7, 11) is 0. The van der Waals surface area contributed by atoms with E-state index in [4.69, 9.17) is 12.2 Å². The van der Waals surface area contributed by atoms with Crippen LogP contribution in [0.15, 0.2) is 0 Å². The van der Waals surface area contributed by atoms with Crippen LogP contribution in [0.5, 0.6) is 0 Å². The molecule has 15 heavy (non-hydrogen) atoms. The first-order valence-corrected chi connectivity index (χ1v) is 7.02. The monoisotopic (exact) mass is 243 g/mol. The Hall–Kier alpha value is -0.290. The van der Waals surface area contributed by atoms with Gasteiger partial charge in [-0.15, -0.1) is 0 Å². The lowest BCUT2D eigenvalue weighted by Gasteiger charge is -2.11. The molecular weight excluding hydrogens is 226 g/mol. The topological polar surface area (TPSA) is 33.6 Å². The number of H-pyrrole nitrogens is 1. The highest BCUT2D eigenvalue weighted by molar-refractivity contribution is 8.00. The van der Waals surface area contributed by atoms with E-state index in [0.717, 1.165) is 35.2 Å². The van der Waals surface area contributed by atoms with Crippen molar-refractivity contribution in [3.63, 3.8) is 0 Å². The van der Waals surface area contributed by atoms with Gasteiger partial charge in [0.05, 0.1) is 0 Å². The molecule has 1 N–H and O–H groups in total. The Morgan fingerprint density at radius 2 is 2.53 bits per heavy atom. The number of aromatic nitrogens is 3. The van der Waals surface area contributed by atoms with Crippen molar-refractivity contribution in [2.45, 2.75) is 44.4 Å². The van der Waals surface area contributed by atoms with Crippen LogP contribution in [-0.2, 0) is 13.0 Å². The summed E-state index contributed by atoms with van der Waals surface area (Å²) in [6.07, 6.45) is 4.81. The van der Waals surface area contributed by atoms with Gasteiger partial charge in [-0.1, -0.05) is 6.92 Å². The number of nitrogens with one attached hydrogen (secondary N) is 1.